The van der Waals surface area contributed by atoms with Gasteiger partial charge in [-0.25, -0.2) is 9.69 Å². The van der Waals surface area contributed by atoms with Gasteiger partial charge in [-0.05, 0) is 94.7 Å². The lowest BCUT2D eigenvalue weighted by atomic mass is 10.0. The van der Waals surface area contributed by atoms with E-state index in [1.165, 1.54) is 24.3 Å². The van der Waals surface area contributed by atoms with E-state index in [9.17, 15) is 14.4 Å². The molecule has 0 aromatic heterocycles. The zero-order chi connectivity index (χ0) is 29.3. The number of ether oxygens (including phenoxy) is 2. The van der Waals surface area contributed by atoms with Crippen LogP contribution >= 0.6 is 45.8 Å². The molecule has 0 radical (unpaired) electrons. The average Bonchev–Trinajstić information content (AvgIpc) is 2.93. The number of hydrogen-bond donors (Lipinski definition) is 1. The highest BCUT2D eigenvalue weighted by Gasteiger charge is 2.37. The van der Waals surface area contributed by atoms with Gasteiger partial charge in [-0.3, -0.25) is 14.9 Å². The third-order valence-electron chi connectivity index (χ3n) is 6.54. The summed E-state index contributed by atoms with van der Waals surface area (Å²) in [5, 5.41) is 4.89. The van der Waals surface area contributed by atoms with Crippen LogP contribution in [0.2, 0.25) is 10.0 Å². The Morgan fingerprint density at radius 2 is 1.73 bits per heavy atom. The third-order valence-corrected chi connectivity index (χ3v) is 8.08. The van der Waals surface area contributed by atoms with Gasteiger partial charge in [-0.2, -0.15) is 0 Å². The van der Waals surface area contributed by atoms with E-state index < -0.39 is 17.8 Å². The second-order valence-corrected chi connectivity index (χ2v) is 11.2. The summed E-state index contributed by atoms with van der Waals surface area (Å²) < 4.78 is 12.9. The van der Waals surface area contributed by atoms with E-state index in [1.807, 2.05) is 26.0 Å². The van der Waals surface area contributed by atoms with E-state index in [-0.39, 0.29) is 21.3 Å². The fraction of sp³-hybridized carbons (Fsp3) is 0.129. The number of anilines is 1. The number of aryl methyl sites for hydroxylation is 1. The van der Waals surface area contributed by atoms with Crippen LogP contribution in [0.1, 0.15) is 23.6 Å². The van der Waals surface area contributed by atoms with Crippen molar-refractivity contribution in [1.29, 1.82) is 0 Å². The van der Waals surface area contributed by atoms with Gasteiger partial charge in [-0.1, -0.05) is 59.6 Å². The molecule has 5 rings (SSSR count). The molecule has 41 heavy (non-hydrogen) atoms. The van der Waals surface area contributed by atoms with Crippen molar-refractivity contribution in [2.45, 2.75) is 20.5 Å². The normalized spacial score (nSPS) is 14.5. The van der Waals surface area contributed by atoms with Gasteiger partial charge in [0.15, 0.2) is 11.5 Å². The lowest BCUT2D eigenvalue weighted by molar-refractivity contribution is -0.122. The summed E-state index contributed by atoms with van der Waals surface area (Å²) >= 11 is 14.2. The SMILES string of the molecule is CCOc1cc(/C=C2\C(=O)NC(=O)N(c3ccc(Cl)c(Cl)c3)C2=O)cc(I)c1OCc1c(C)ccc2ccccc12. The topological polar surface area (TPSA) is 84.9 Å². The second-order valence-electron chi connectivity index (χ2n) is 9.19. The number of nitrogens with one attached hydrogen (secondary N) is 1. The first-order valence-corrected chi connectivity index (χ1v) is 14.4. The van der Waals surface area contributed by atoms with Crippen molar-refractivity contribution in [3.8, 4) is 11.5 Å². The quantitative estimate of drug-likeness (QED) is 0.121. The molecule has 208 valence electrons. The lowest BCUT2D eigenvalue weighted by Gasteiger charge is -2.26. The van der Waals surface area contributed by atoms with Gasteiger partial charge in [-0.15, -0.1) is 0 Å². The smallest absolute Gasteiger partial charge is 0.335 e. The number of urea groups is 1. The molecule has 10 heteroatoms. The highest BCUT2D eigenvalue weighted by atomic mass is 127. The van der Waals surface area contributed by atoms with Crippen molar-refractivity contribution in [3.63, 3.8) is 0 Å². The van der Waals surface area contributed by atoms with Crippen molar-refractivity contribution in [1.82, 2.24) is 5.32 Å². The summed E-state index contributed by atoms with van der Waals surface area (Å²) in [4.78, 5) is 39.5. The van der Waals surface area contributed by atoms with Crippen molar-refractivity contribution in [2.75, 3.05) is 11.5 Å². The molecular weight excluding hydrogens is 678 g/mol. The number of barbiturate groups is 1. The summed E-state index contributed by atoms with van der Waals surface area (Å²) in [6.07, 6.45) is 1.41. The van der Waals surface area contributed by atoms with Crippen LogP contribution in [-0.2, 0) is 16.2 Å². The number of nitrogens with zero attached hydrogens (tertiary/aromatic N) is 1. The van der Waals surface area contributed by atoms with Crippen LogP contribution < -0.4 is 19.7 Å². The van der Waals surface area contributed by atoms with E-state index in [0.29, 0.717) is 30.3 Å². The Morgan fingerprint density at radius 1 is 0.951 bits per heavy atom. The molecule has 0 bridgehead atoms. The average molecular weight is 701 g/mol. The van der Waals surface area contributed by atoms with Gasteiger partial charge in [0.1, 0.15) is 12.2 Å². The lowest BCUT2D eigenvalue weighted by Crippen LogP contribution is -2.54. The summed E-state index contributed by atoms with van der Waals surface area (Å²) in [6.45, 7) is 4.60. The first-order chi connectivity index (χ1) is 19.7. The van der Waals surface area contributed by atoms with Crippen LogP contribution in [0.15, 0.2) is 72.3 Å². The molecule has 0 unspecified atom stereocenters. The number of rotatable bonds is 7. The molecule has 4 aromatic rings. The van der Waals surface area contributed by atoms with Crippen molar-refractivity contribution in [3.05, 3.63) is 103 Å². The summed E-state index contributed by atoms with van der Waals surface area (Å²) in [5.41, 5.74) is 2.66. The molecule has 0 spiro atoms. The largest absolute Gasteiger partial charge is 0.490 e. The molecule has 0 aliphatic carbocycles. The highest BCUT2D eigenvalue weighted by molar-refractivity contribution is 14.1. The molecule has 4 amide bonds. The molecule has 4 aromatic carbocycles. The van der Waals surface area contributed by atoms with Crippen molar-refractivity contribution in [2.24, 2.45) is 0 Å². The number of amides is 4. The van der Waals surface area contributed by atoms with Gasteiger partial charge in [0.25, 0.3) is 11.8 Å². The number of carbonyl (C=O) groups excluding carboxylic acids is 3. The maximum atomic E-state index is 13.4. The first kappa shape index (κ1) is 28.9. The molecule has 1 aliphatic heterocycles. The molecule has 1 aliphatic rings. The molecule has 1 heterocycles. The molecule has 1 N–H and O–H groups in total. The fourth-order valence-corrected chi connectivity index (χ4v) is 5.61. The van der Waals surface area contributed by atoms with Gasteiger partial charge >= 0.3 is 6.03 Å². The monoisotopic (exact) mass is 700 g/mol. The Kier molecular flexibility index (Phi) is 8.53. The maximum absolute atomic E-state index is 13.4. The Bertz CT molecular complexity index is 1750. The van der Waals surface area contributed by atoms with Gasteiger partial charge < -0.3 is 9.47 Å². The standard InChI is InChI=1S/C31H23Cl2IN2O5/c1-3-40-27-14-18(12-22-29(37)35-31(39)36(30(22)38)20-10-11-24(32)25(33)15-20)13-26(34)28(27)41-16-23-17(2)8-9-19-6-4-5-7-21(19)23/h4-15H,3,16H2,1-2H3,(H,35,37,39)/b22-12+. The van der Waals surface area contributed by atoms with Crippen molar-refractivity contribution >= 4 is 86.2 Å². The summed E-state index contributed by atoms with van der Waals surface area (Å²) in [7, 11) is 0. The van der Waals surface area contributed by atoms with Crippen LogP contribution in [0.5, 0.6) is 11.5 Å². The Labute approximate surface area is 260 Å². The van der Waals surface area contributed by atoms with Gasteiger partial charge in [0.05, 0.1) is 25.9 Å². The Hall–Kier alpha value is -3.60. The minimum atomic E-state index is -0.882. The zero-order valence-corrected chi connectivity index (χ0v) is 25.6. The molecule has 0 atom stereocenters. The first-order valence-electron chi connectivity index (χ1n) is 12.6. The Balaban J connectivity index is 1.48. The van der Waals surface area contributed by atoms with E-state index in [1.54, 1.807) is 12.1 Å². The fourth-order valence-electron chi connectivity index (χ4n) is 4.54. The van der Waals surface area contributed by atoms with Crippen LogP contribution in [0.4, 0.5) is 10.5 Å². The predicted octanol–water partition coefficient (Wildman–Crippen LogP) is 7.70. The molecule has 0 saturated carbocycles. The van der Waals surface area contributed by atoms with Crippen molar-refractivity contribution < 1.29 is 23.9 Å². The predicted molar refractivity (Wildman–Crippen MR) is 169 cm³/mol. The van der Waals surface area contributed by atoms with Crippen LogP contribution in [0.25, 0.3) is 16.8 Å². The molecular formula is C31H23Cl2IN2O5. The van der Waals surface area contributed by atoms with E-state index >= 15 is 0 Å². The van der Waals surface area contributed by atoms with E-state index in [2.05, 4.69) is 52.2 Å². The number of hydrogen-bond acceptors (Lipinski definition) is 5. The second kappa shape index (κ2) is 12.1. The molecule has 1 saturated heterocycles. The van der Waals surface area contributed by atoms with Crippen LogP contribution in [-0.4, -0.2) is 24.5 Å². The number of benzene rings is 4. The van der Waals surface area contributed by atoms with E-state index in [0.717, 1.165) is 30.4 Å². The molecule has 7 nitrogen and oxygen atoms in total. The minimum absolute atomic E-state index is 0.164. The summed E-state index contributed by atoms with van der Waals surface area (Å²) in [5.74, 6) is -0.591. The third kappa shape index (κ3) is 5.91. The maximum Gasteiger partial charge on any atom is 0.335 e. The number of carbonyl (C=O) groups is 3. The van der Waals surface area contributed by atoms with Gasteiger partial charge in [0.2, 0.25) is 0 Å². The number of halogens is 3. The molecule has 1 fully saturated rings. The number of imide groups is 2. The van der Waals surface area contributed by atoms with Crippen LogP contribution in [0.3, 0.4) is 0 Å². The Morgan fingerprint density at radius 3 is 2.49 bits per heavy atom. The van der Waals surface area contributed by atoms with Crippen LogP contribution in [0, 0.1) is 10.5 Å². The number of fused-ring (bicyclic) bond motifs is 1. The highest BCUT2D eigenvalue weighted by Crippen LogP contribution is 2.37. The zero-order valence-electron chi connectivity index (χ0n) is 22.0. The summed E-state index contributed by atoms with van der Waals surface area (Å²) in [6, 6.07) is 19.2. The minimum Gasteiger partial charge on any atom is -0.490 e. The van der Waals surface area contributed by atoms with Gasteiger partial charge in [0, 0.05) is 5.56 Å². The van der Waals surface area contributed by atoms with E-state index in [4.69, 9.17) is 32.7 Å².